The first-order valence-electron chi connectivity index (χ1n) is 9.42. The van der Waals surface area contributed by atoms with Crippen LogP contribution >= 0.6 is 11.6 Å². The highest BCUT2D eigenvalue weighted by molar-refractivity contribution is 7.92. The molecule has 0 fully saturated rings. The minimum Gasteiger partial charge on any atom is -0.494 e. The second-order valence-electron chi connectivity index (χ2n) is 6.92. The van der Waals surface area contributed by atoms with Gasteiger partial charge in [0.2, 0.25) is 5.78 Å². The number of H-pyrrole nitrogens is 1. The number of carbonyl (C=O) groups excluding carboxylic acids is 1. The lowest BCUT2D eigenvalue weighted by molar-refractivity contribution is -0.137. The highest BCUT2D eigenvalue weighted by atomic mass is 35.5. The lowest BCUT2D eigenvalue weighted by Gasteiger charge is -2.14. The number of ether oxygens (including phenoxy) is 1. The number of fused-ring (bicyclic) bond motifs is 1. The van der Waals surface area contributed by atoms with Crippen molar-refractivity contribution in [3.63, 3.8) is 0 Å². The number of hydrogen-bond acceptors (Lipinski definition) is 6. The van der Waals surface area contributed by atoms with E-state index in [9.17, 15) is 26.4 Å². The van der Waals surface area contributed by atoms with E-state index in [1.54, 1.807) is 12.3 Å². The number of pyridine rings is 2. The number of aromatic amines is 1. The molecule has 0 unspecified atom stereocenters. The van der Waals surface area contributed by atoms with E-state index in [2.05, 4.69) is 19.7 Å². The number of nitrogens with one attached hydrogen (secondary N) is 2. The standard InChI is InChI=1S/C21H14ClF3N4O4S/c1-33-16-10-28-20-12(6-8-27-20)17(16)19(30)18-15(3-2-7-26-18)29-34(31,32)11-4-5-14(22)13(9-11)21(23,24)25/h2-10,29H,1H3,(H,27,28). The average Bonchev–Trinajstić information content (AvgIpc) is 3.26. The van der Waals surface area contributed by atoms with Crippen molar-refractivity contribution < 1.29 is 31.1 Å². The summed E-state index contributed by atoms with van der Waals surface area (Å²) in [7, 11) is -3.21. The fraction of sp³-hybridized carbons (Fsp3) is 0.0952. The van der Waals surface area contributed by atoms with Crippen LogP contribution in [0.4, 0.5) is 18.9 Å². The first kappa shape index (κ1) is 23.5. The third-order valence-electron chi connectivity index (χ3n) is 4.82. The molecule has 2 N–H and O–H groups in total. The molecule has 176 valence electrons. The van der Waals surface area contributed by atoms with Gasteiger partial charge in [-0.3, -0.25) is 14.5 Å². The van der Waals surface area contributed by atoms with E-state index in [0.29, 0.717) is 17.1 Å². The molecule has 0 aliphatic rings. The van der Waals surface area contributed by atoms with Gasteiger partial charge in [-0.05, 0) is 36.4 Å². The Hall–Kier alpha value is -3.64. The first-order valence-corrected chi connectivity index (χ1v) is 11.3. The number of hydrogen-bond donors (Lipinski definition) is 2. The second-order valence-corrected chi connectivity index (χ2v) is 9.00. The van der Waals surface area contributed by atoms with Gasteiger partial charge in [0, 0.05) is 17.8 Å². The number of carbonyl (C=O) groups is 1. The number of sulfonamides is 1. The van der Waals surface area contributed by atoms with Crippen LogP contribution in [0.25, 0.3) is 11.0 Å². The van der Waals surface area contributed by atoms with Gasteiger partial charge in [0.15, 0.2) is 0 Å². The molecule has 0 aliphatic carbocycles. The lowest BCUT2D eigenvalue weighted by Crippen LogP contribution is -2.18. The Morgan fingerprint density at radius 2 is 1.94 bits per heavy atom. The van der Waals surface area contributed by atoms with Crippen LogP contribution in [-0.4, -0.2) is 36.3 Å². The molecule has 4 aromatic rings. The van der Waals surface area contributed by atoms with Gasteiger partial charge in [0.05, 0.1) is 40.0 Å². The molecule has 0 aliphatic heterocycles. The number of aromatic nitrogens is 3. The van der Waals surface area contributed by atoms with Crippen molar-refractivity contribution in [3.8, 4) is 5.75 Å². The molecule has 13 heteroatoms. The number of ketones is 1. The van der Waals surface area contributed by atoms with Gasteiger partial charge in [-0.2, -0.15) is 13.2 Å². The Labute approximate surface area is 195 Å². The van der Waals surface area contributed by atoms with Gasteiger partial charge >= 0.3 is 6.18 Å². The molecule has 3 heterocycles. The van der Waals surface area contributed by atoms with Gasteiger partial charge in [-0.1, -0.05) is 11.6 Å². The Bertz CT molecular complexity index is 1520. The Morgan fingerprint density at radius 1 is 1.18 bits per heavy atom. The van der Waals surface area contributed by atoms with Gasteiger partial charge in [0.1, 0.15) is 17.1 Å². The molecule has 0 saturated carbocycles. The summed E-state index contributed by atoms with van der Waals surface area (Å²) in [6.07, 6.45) is -0.700. The maximum Gasteiger partial charge on any atom is 0.417 e. The average molecular weight is 511 g/mol. The predicted octanol–water partition coefficient (Wildman–Crippen LogP) is 4.67. The summed E-state index contributed by atoms with van der Waals surface area (Å²) in [4.78, 5) is 23.7. The molecule has 4 rings (SSSR count). The van der Waals surface area contributed by atoms with E-state index in [-0.39, 0.29) is 22.7 Å². The van der Waals surface area contributed by atoms with Crippen molar-refractivity contribution in [2.75, 3.05) is 11.8 Å². The number of benzene rings is 1. The molecule has 3 aromatic heterocycles. The summed E-state index contributed by atoms with van der Waals surface area (Å²) in [6.45, 7) is 0. The van der Waals surface area contributed by atoms with E-state index < -0.39 is 37.5 Å². The van der Waals surface area contributed by atoms with Crippen LogP contribution in [0, 0.1) is 0 Å². The highest BCUT2D eigenvalue weighted by Gasteiger charge is 2.35. The Kier molecular flexibility index (Phi) is 5.96. The maximum absolute atomic E-state index is 13.4. The zero-order chi connectivity index (χ0) is 24.7. The summed E-state index contributed by atoms with van der Waals surface area (Å²) >= 11 is 5.58. The van der Waals surface area contributed by atoms with Crippen molar-refractivity contribution >= 4 is 44.1 Å². The van der Waals surface area contributed by atoms with Crippen molar-refractivity contribution in [2.45, 2.75) is 11.1 Å². The van der Waals surface area contributed by atoms with Crippen LogP contribution in [0.2, 0.25) is 5.02 Å². The van der Waals surface area contributed by atoms with Crippen molar-refractivity contribution in [3.05, 3.63) is 76.8 Å². The minimum atomic E-state index is -4.86. The molecule has 34 heavy (non-hydrogen) atoms. The van der Waals surface area contributed by atoms with Crippen molar-refractivity contribution in [2.24, 2.45) is 0 Å². The Balaban J connectivity index is 1.78. The SMILES string of the molecule is COc1cnc2[nH]ccc2c1C(=O)c1ncccc1NS(=O)(=O)c1ccc(Cl)c(C(F)(F)F)c1. The third-order valence-corrected chi connectivity index (χ3v) is 6.51. The fourth-order valence-electron chi connectivity index (χ4n) is 3.26. The lowest BCUT2D eigenvalue weighted by atomic mass is 10.0. The normalized spacial score (nSPS) is 12.0. The van der Waals surface area contributed by atoms with E-state index in [1.165, 1.54) is 31.6 Å². The molecule has 1 aromatic carbocycles. The molecule has 0 saturated heterocycles. The number of alkyl halides is 3. The van der Waals surface area contributed by atoms with Crippen LogP contribution in [0.3, 0.4) is 0 Å². The fourth-order valence-corrected chi connectivity index (χ4v) is 4.58. The van der Waals surface area contributed by atoms with Gasteiger partial charge in [0.25, 0.3) is 10.0 Å². The molecule has 0 radical (unpaired) electrons. The third kappa shape index (κ3) is 4.29. The topological polar surface area (TPSA) is 114 Å². The number of rotatable bonds is 6. The summed E-state index contributed by atoms with van der Waals surface area (Å²) < 4.78 is 72.8. The monoisotopic (exact) mass is 510 g/mol. The maximum atomic E-state index is 13.4. The zero-order valence-electron chi connectivity index (χ0n) is 17.1. The van der Waals surface area contributed by atoms with Crippen LogP contribution in [-0.2, 0) is 16.2 Å². The Morgan fingerprint density at radius 3 is 2.65 bits per heavy atom. The van der Waals surface area contributed by atoms with Gasteiger partial charge in [-0.15, -0.1) is 0 Å². The highest BCUT2D eigenvalue weighted by Crippen LogP contribution is 2.36. The van der Waals surface area contributed by atoms with E-state index in [1.807, 2.05) is 0 Å². The number of methoxy groups -OCH3 is 1. The molecular weight excluding hydrogens is 497 g/mol. The van der Waals surface area contributed by atoms with E-state index in [0.717, 1.165) is 12.1 Å². The van der Waals surface area contributed by atoms with E-state index in [4.69, 9.17) is 16.3 Å². The summed E-state index contributed by atoms with van der Waals surface area (Å²) in [6, 6.07) is 6.40. The number of nitrogens with zero attached hydrogens (tertiary/aromatic N) is 2. The molecule has 0 bridgehead atoms. The number of anilines is 1. The largest absolute Gasteiger partial charge is 0.494 e. The van der Waals surface area contributed by atoms with Crippen LogP contribution in [0.15, 0.2) is 59.9 Å². The zero-order valence-corrected chi connectivity index (χ0v) is 18.7. The molecular formula is C21H14ClF3N4O4S. The van der Waals surface area contributed by atoms with Crippen LogP contribution in [0.1, 0.15) is 21.6 Å². The second kappa shape index (κ2) is 8.61. The van der Waals surface area contributed by atoms with Crippen molar-refractivity contribution in [1.29, 1.82) is 0 Å². The summed E-state index contributed by atoms with van der Waals surface area (Å²) in [5, 5.41) is -0.236. The smallest absolute Gasteiger partial charge is 0.417 e. The summed E-state index contributed by atoms with van der Waals surface area (Å²) in [5.74, 6) is -0.557. The molecule has 0 amide bonds. The predicted molar refractivity (Wildman–Crippen MR) is 118 cm³/mol. The molecule has 0 spiro atoms. The van der Waals surface area contributed by atoms with Crippen LogP contribution in [0.5, 0.6) is 5.75 Å². The van der Waals surface area contributed by atoms with Crippen molar-refractivity contribution in [1.82, 2.24) is 15.0 Å². The quantitative estimate of drug-likeness (QED) is 0.364. The minimum absolute atomic E-state index is 0.0822. The molecule has 0 atom stereocenters. The van der Waals surface area contributed by atoms with E-state index >= 15 is 0 Å². The van der Waals surface area contributed by atoms with Gasteiger partial charge in [-0.25, -0.2) is 13.4 Å². The summed E-state index contributed by atoms with van der Waals surface area (Å²) in [5.41, 5.74) is -1.36. The van der Waals surface area contributed by atoms with Crippen LogP contribution < -0.4 is 9.46 Å². The number of halogens is 4. The first-order chi connectivity index (χ1) is 16.0. The van der Waals surface area contributed by atoms with Gasteiger partial charge < -0.3 is 9.72 Å². The molecule has 8 nitrogen and oxygen atoms in total.